The highest BCUT2D eigenvalue weighted by atomic mass is 32.1. The lowest BCUT2D eigenvalue weighted by molar-refractivity contribution is -0.138. The van der Waals surface area contributed by atoms with Gasteiger partial charge in [-0.1, -0.05) is 0 Å². The quantitative estimate of drug-likeness (QED) is 0.375. The van der Waals surface area contributed by atoms with Gasteiger partial charge in [-0.25, -0.2) is 9.37 Å². The number of amides is 2. The molecule has 14 heteroatoms. The maximum absolute atomic E-state index is 15.7. The minimum atomic E-state index is -4.96. The molecule has 0 bridgehead atoms. The zero-order valence-electron chi connectivity index (χ0n) is 24.1. The largest absolute Gasteiger partial charge is 0.417 e. The molecule has 1 aromatic carbocycles. The molecule has 3 heterocycles. The second-order valence-electron chi connectivity index (χ2n) is 11.3. The summed E-state index contributed by atoms with van der Waals surface area (Å²) in [6.45, 7) is 5.48. The van der Waals surface area contributed by atoms with Crippen molar-refractivity contribution < 1.29 is 27.2 Å². The van der Waals surface area contributed by atoms with E-state index in [1.165, 1.54) is 24.6 Å². The molecular formula is C29H32F4N6O3S. The number of halogens is 4. The molecule has 0 spiro atoms. The van der Waals surface area contributed by atoms with Crippen LogP contribution in [0.5, 0.6) is 0 Å². The average molecular weight is 621 g/mol. The van der Waals surface area contributed by atoms with Crippen LogP contribution in [0.2, 0.25) is 0 Å². The number of hydrogen-bond donors (Lipinski definition) is 2. The molecule has 1 saturated heterocycles. The number of carbonyl (C=O) groups excluding carboxylic acids is 2. The predicted octanol–water partition coefficient (Wildman–Crippen LogP) is 4.59. The number of piperazine rings is 1. The third-order valence-corrected chi connectivity index (χ3v) is 8.88. The van der Waals surface area contributed by atoms with Crippen LogP contribution in [0.25, 0.3) is 11.3 Å². The zero-order chi connectivity index (χ0) is 31.2. The molecule has 230 valence electrons. The summed E-state index contributed by atoms with van der Waals surface area (Å²) in [5.74, 6) is -1.69. The van der Waals surface area contributed by atoms with E-state index in [-0.39, 0.29) is 45.6 Å². The van der Waals surface area contributed by atoms with Crippen molar-refractivity contribution in [2.75, 3.05) is 36.9 Å². The molecular weight excluding hydrogens is 588 g/mol. The normalized spacial score (nSPS) is 19.4. The van der Waals surface area contributed by atoms with E-state index in [0.717, 1.165) is 34.9 Å². The van der Waals surface area contributed by atoms with E-state index in [9.17, 15) is 27.6 Å². The van der Waals surface area contributed by atoms with Gasteiger partial charge >= 0.3 is 6.18 Å². The van der Waals surface area contributed by atoms with Crippen molar-refractivity contribution in [1.82, 2.24) is 19.8 Å². The molecule has 9 nitrogen and oxygen atoms in total. The zero-order valence-corrected chi connectivity index (χ0v) is 24.9. The number of alkyl halides is 3. The van der Waals surface area contributed by atoms with Gasteiger partial charge in [0.15, 0.2) is 5.01 Å². The smallest absolute Gasteiger partial charge is 0.367 e. The molecule has 2 fully saturated rings. The van der Waals surface area contributed by atoms with Crippen molar-refractivity contribution >= 4 is 34.5 Å². The first-order chi connectivity index (χ1) is 20.2. The van der Waals surface area contributed by atoms with E-state index < -0.39 is 34.6 Å². The summed E-state index contributed by atoms with van der Waals surface area (Å²) in [6.07, 6.45) is -2.01. The van der Waals surface area contributed by atoms with Crippen LogP contribution in [0.3, 0.4) is 0 Å². The molecule has 2 amide bonds. The molecule has 1 aliphatic carbocycles. The third kappa shape index (κ3) is 6.59. The monoisotopic (exact) mass is 620 g/mol. The van der Waals surface area contributed by atoms with Crippen LogP contribution < -0.4 is 21.1 Å². The van der Waals surface area contributed by atoms with Crippen LogP contribution in [0.4, 0.5) is 28.9 Å². The molecule has 1 saturated carbocycles. The molecule has 0 unspecified atom stereocenters. The molecule has 1 aliphatic heterocycles. The summed E-state index contributed by atoms with van der Waals surface area (Å²) in [4.78, 5) is 46.3. The number of aryl methyl sites for hydroxylation is 1. The number of nitrogens with one attached hydrogen (secondary N) is 2. The number of hydrogen-bond acceptors (Lipinski definition) is 7. The van der Waals surface area contributed by atoms with E-state index in [0.29, 0.717) is 31.6 Å². The van der Waals surface area contributed by atoms with Gasteiger partial charge in [0, 0.05) is 68.0 Å². The highest BCUT2D eigenvalue weighted by Gasteiger charge is 2.37. The van der Waals surface area contributed by atoms with Crippen molar-refractivity contribution in [3.05, 3.63) is 62.1 Å². The molecule has 2 aliphatic rings. The van der Waals surface area contributed by atoms with Gasteiger partial charge in [-0.3, -0.25) is 19.3 Å². The molecule has 3 aromatic rings. The van der Waals surface area contributed by atoms with Crippen LogP contribution in [0.1, 0.15) is 52.4 Å². The van der Waals surface area contributed by atoms with Gasteiger partial charge in [-0.15, -0.1) is 11.3 Å². The Morgan fingerprint density at radius 2 is 1.74 bits per heavy atom. The van der Waals surface area contributed by atoms with Crippen LogP contribution in [0, 0.1) is 11.7 Å². The second-order valence-corrected chi connectivity index (χ2v) is 12.2. The topological polar surface area (TPSA) is 99.6 Å². The lowest BCUT2D eigenvalue weighted by Gasteiger charge is -2.44. The fourth-order valence-corrected chi connectivity index (χ4v) is 5.83. The fourth-order valence-electron chi connectivity index (χ4n) is 5.09. The minimum Gasteiger partial charge on any atom is -0.367 e. The number of thiazole rings is 1. The van der Waals surface area contributed by atoms with Gasteiger partial charge in [0.1, 0.15) is 5.82 Å². The molecule has 5 rings (SSSR count). The lowest BCUT2D eigenvalue weighted by atomic mass is 10.0. The van der Waals surface area contributed by atoms with Gasteiger partial charge < -0.3 is 20.1 Å². The third-order valence-electron chi connectivity index (χ3n) is 8.03. The number of pyridine rings is 1. The van der Waals surface area contributed by atoms with Crippen molar-refractivity contribution in [3.8, 4) is 11.3 Å². The second kappa shape index (κ2) is 11.7. The van der Waals surface area contributed by atoms with E-state index in [1.807, 2.05) is 25.8 Å². The summed E-state index contributed by atoms with van der Waals surface area (Å²) in [5.41, 5.74) is -2.57. The van der Waals surface area contributed by atoms with Crippen LogP contribution >= 0.6 is 11.3 Å². The van der Waals surface area contributed by atoms with E-state index in [2.05, 4.69) is 20.5 Å². The highest BCUT2D eigenvalue weighted by Crippen LogP contribution is 2.37. The number of nitrogens with zero attached hydrogens (tertiary/aromatic N) is 4. The Labute approximate surface area is 249 Å². The van der Waals surface area contributed by atoms with Crippen LogP contribution in [-0.2, 0) is 13.2 Å². The predicted molar refractivity (Wildman–Crippen MR) is 156 cm³/mol. The maximum Gasteiger partial charge on any atom is 0.417 e. The van der Waals surface area contributed by atoms with E-state index in [4.69, 9.17) is 0 Å². The molecule has 0 radical (unpaired) electrons. The van der Waals surface area contributed by atoms with Crippen molar-refractivity contribution in [3.63, 3.8) is 0 Å². The lowest BCUT2D eigenvalue weighted by Crippen LogP contribution is -2.55. The minimum absolute atomic E-state index is 0.0247. The highest BCUT2D eigenvalue weighted by molar-refractivity contribution is 7.12. The Kier molecular flexibility index (Phi) is 8.36. The summed E-state index contributed by atoms with van der Waals surface area (Å²) >= 11 is 1.04. The van der Waals surface area contributed by atoms with E-state index >= 15 is 4.39 Å². The SMILES string of the molecule is C[C@@H]1CN(c2cc(F)c(-c3csc(C(=O)NCC4CC4)n3)cc2NC(=O)c2cn(C)c(=O)cc2C(F)(F)F)C[C@H](C)N1C. The van der Waals surface area contributed by atoms with Gasteiger partial charge in [-0.05, 0) is 45.7 Å². The number of benzene rings is 1. The number of rotatable bonds is 7. The molecule has 2 aromatic heterocycles. The summed E-state index contributed by atoms with van der Waals surface area (Å²) < 4.78 is 58.1. The number of anilines is 2. The van der Waals surface area contributed by atoms with Crippen LogP contribution in [-0.4, -0.2) is 65.0 Å². The molecule has 2 N–H and O–H groups in total. The molecule has 2 atom stereocenters. The van der Waals surface area contributed by atoms with Gasteiger partial charge in [0.05, 0.1) is 28.2 Å². The first-order valence-electron chi connectivity index (χ1n) is 13.9. The Balaban J connectivity index is 1.54. The van der Waals surface area contributed by atoms with Crippen molar-refractivity contribution in [2.24, 2.45) is 13.0 Å². The van der Waals surface area contributed by atoms with Crippen LogP contribution in [0.15, 0.2) is 34.6 Å². The Bertz CT molecular complexity index is 1600. The number of aromatic nitrogens is 2. The Morgan fingerprint density at radius 1 is 1.07 bits per heavy atom. The van der Waals surface area contributed by atoms with Gasteiger partial charge in [-0.2, -0.15) is 13.2 Å². The first-order valence-corrected chi connectivity index (χ1v) is 14.7. The van der Waals surface area contributed by atoms with Gasteiger partial charge in [0.25, 0.3) is 17.4 Å². The molecule has 43 heavy (non-hydrogen) atoms. The summed E-state index contributed by atoms with van der Waals surface area (Å²) in [7, 11) is 3.21. The summed E-state index contributed by atoms with van der Waals surface area (Å²) in [6, 6.07) is 3.05. The van der Waals surface area contributed by atoms with Crippen molar-refractivity contribution in [1.29, 1.82) is 0 Å². The average Bonchev–Trinajstić information content (AvgIpc) is 3.64. The first kappa shape index (κ1) is 30.7. The van der Waals surface area contributed by atoms with Gasteiger partial charge in [0.2, 0.25) is 0 Å². The Hall–Kier alpha value is -3.78. The maximum atomic E-state index is 15.7. The summed E-state index contributed by atoms with van der Waals surface area (Å²) in [5, 5.41) is 7.03. The number of carbonyl (C=O) groups is 2. The fraction of sp³-hybridized carbons (Fsp3) is 0.448. The van der Waals surface area contributed by atoms with Crippen molar-refractivity contribution in [2.45, 2.75) is 44.9 Å². The standard InChI is InChI=1S/C29H32F4N6O3S/c1-15-11-39(12-16(2)38(15)4)24-9-21(30)18(23-14-43-28(36-23)27(42)34-10-17-5-6-17)7-22(24)35-26(41)19-13-37(3)25(40)8-20(19)29(31,32)33/h7-9,13-17H,5-6,10-12H2,1-4H3,(H,34,42)(H,35,41)/t15-,16+. The number of likely N-dealkylation sites (N-methyl/N-ethyl adjacent to an activating group) is 1. The van der Waals surface area contributed by atoms with E-state index in [1.54, 1.807) is 0 Å². The Morgan fingerprint density at radius 3 is 2.37 bits per heavy atom.